The van der Waals surface area contributed by atoms with Crippen LogP contribution < -0.4 is 20.7 Å². The quantitative estimate of drug-likeness (QED) is 0.831. The molecule has 3 unspecified atom stereocenters. The van der Waals surface area contributed by atoms with Crippen molar-refractivity contribution in [2.45, 2.75) is 70.6 Å². The second kappa shape index (κ2) is 8.74. The lowest BCUT2D eigenvalue weighted by atomic mass is 9.85. The highest BCUT2D eigenvalue weighted by Gasteiger charge is 2.37. The molecule has 1 heterocycles. The van der Waals surface area contributed by atoms with Crippen LogP contribution in [-0.2, 0) is 9.59 Å². The molecule has 3 rings (SSSR count). The second-order valence-corrected chi connectivity index (χ2v) is 7.67. The van der Waals surface area contributed by atoms with Crippen LogP contribution in [-0.4, -0.2) is 36.5 Å². The molecule has 1 aliphatic heterocycles. The number of fused-ring (bicyclic) bond motifs is 1. The van der Waals surface area contributed by atoms with E-state index in [4.69, 9.17) is 10.5 Å². The monoisotopic (exact) mass is 373 g/mol. The molecule has 27 heavy (non-hydrogen) atoms. The van der Waals surface area contributed by atoms with Gasteiger partial charge in [0, 0.05) is 18.0 Å². The standard InChI is InChI=1S/C21H31N3O3/c1-3-16(4-2)23-20(25)19-13-24(17-10-5-6-11-18(17)27-19)21(26)14-8-7-9-15(22)12-14/h5-6,10-11,14-16,19H,3-4,7-9,12-13,22H2,1-2H3,(H,23,25). The van der Waals surface area contributed by atoms with Crippen molar-refractivity contribution in [3.05, 3.63) is 24.3 Å². The number of nitrogens with two attached hydrogens (primary N) is 1. The molecule has 3 N–H and O–H groups in total. The van der Waals surface area contributed by atoms with Gasteiger partial charge < -0.3 is 20.7 Å². The van der Waals surface area contributed by atoms with E-state index in [0.717, 1.165) is 37.8 Å². The highest BCUT2D eigenvalue weighted by Crippen LogP contribution is 2.36. The number of nitrogens with zero attached hydrogens (tertiary/aromatic N) is 1. The second-order valence-electron chi connectivity index (χ2n) is 7.67. The number of ether oxygens (including phenoxy) is 1. The number of carbonyl (C=O) groups is 2. The van der Waals surface area contributed by atoms with Crippen LogP contribution in [0, 0.1) is 5.92 Å². The highest BCUT2D eigenvalue weighted by atomic mass is 16.5. The third kappa shape index (κ3) is 4.43. The molecular weight excluding hydrogens is 342 g/mol. The van der Waals surface area contributed by atoms with Crippen molar-refractivity contribution in [3.8, 4) is 5.75 Å². The van der Waals surface area contributed by atoms with Gasteiger partial charge in [0.25, 0.3) is 5.91 Å². The van der Waals surface area contributed by atoms with Crippen LogP contribution in [0.25, 0.3) is 0 Å². The average Bonchev–Trinajstić information content (AvgIpc) is 2.70. The van der Waals surface area contributed by atoms with Crippen LogP contribution in [0.5, 0.6) is 5.75 Å². The van der Waals surface area contributed by atoms with E-state index in [2.05, 4.69) is 5.32 Å². The van der Waals surface area contributed by atoms with Crippen LogP contribution in [0.4, 0.5) is 5.69 Å². The summed E-state index contributed by atoms with van der Waals surface area (Å²) in [4.78, 5) is 27.7. The smallest absolute Gasteiger partial charge is 0.263 e. The molecule has 0 radical (unpaired) electrons. The maximum atomic E-state index is 13.2. The van der Waals surface area contributed by atoms with E-state index in [1.807, 2.05) is 38.1 Å². The van der Waals surface area contributed by atoms with Gasteiger partial charge in [-0.2, -0.15) is 0 Å². The number of benzene rings is 1. The van der Waals surface area contributed by atoms with Gasteiger partial charge in [-0.15, -0.1) is 0 Å². The van der Waals surface area contributed by atoms with Crippen molar-refractivity contribution < 1.29 is 14.3 Å². The van der Waals surface area contributed by atoms with Gasteiger partial charge in [-0.05, 0) is 44.2 Å². The summed E-state index contributed by atoms with van der Waals surface area (Å²) < 4.78 is 5.94. The van der Waals surface area contributed by atoms with E-state index in [1.165, 1.54) is 0 Å². The Balaban J connectivity index is 1.80. The van der Waals surface area contributed by atoms with E-state index >= 15 is 0 Å². The summed E-state index contributed by atoms with van der Waals surface area (Å²) in [5.74, 6) is 0.405. The molecule has 0 saturated heterocycles. The highest BCUT2D eigenvalue weighted by molar-refractivity contribution is 5.98. The van der Waals surface area contributed by atoms with Crippen LogP contribution >= 0.6 is 0 Å². The van der Waals surface area contributed by atoms with Crippen LogP contribution in [0.3, 0.4) is 0 Å². The van der Waals surface area contributed by atoms with Gasteiger partial charge in [0.05, 0.1) is 12.2 Å². The minimum Gasteiger partial charge on any atom is -0.477 e. The third-order valence-corrected chi connectivity index (χ3v) is 5.73. The Bertz CT molecular complexity index is 674. The van der Waals surface area contributed by atoms with Crippen molar-refractivity contribution in [1.29, 1.82) is 0 Å². The molecular formula is C21H31N3O3. The fourth-order valence-electron chi connectivity index (χ4n) is 4.04. The van der Waals surface area contributed by atoms with Gasteiger partial charge >= 0.3 is 0 Å². The van der Waals surface area contributed by atoms with Crippen LogP contribution in [0.15, 0.2) is 24.3 Å². The summed E-state index contributed by atoms with van der Waals surface area (Å²) in [5, 5.41) is 3.04. The number of anilines is 1. The molecule has 148 valence electrons. The molecule has 1 saturated carbocycles. The van der Waals surface area contributed by atoms with Crippen molar-refractivity contribution >= 4 is 17.5 Å². The number of para-hydroxylation sites is 2. The van der Waals surface area contributed by atoms with Gasteiger partial charge in [-0.3, -0.25) is 9.59 Å². The molecule has 1 aromatic rings. The molecule has 1 fully saturated rings. The lowest BCUT2D eigenvalue weighted by molar-refractivity contribution is -0.129. The van der Waals surface area contributed by atoms with Crippen LogP contribution in [0.2, 0.25) is 0 Å². The first kappa shape index (κ1) is 19.7. The summed E-state index contributed by atoms with van der Waals surface area (Å²) in [7, 11) is 0. The maximum Gasteiger partial charge on any atom is 0.263 e. The number of carbonyl (C=O) groups excluding carboxylic acids is 2. The van der Waals surface area contributed by atoms with Gasteiger partial charge in [0.15, 0.2) is 6.10 Å². The Morgan fingerprint density at radius 3 is 2.70 bits per heavy atom. The Hall–Kier alpha value is -2.08. The minimum absolute atomic E-state index is 0.0567. The molecule has 0 bridgehead atoms. The number of hydrogen-bond acceptors (Lipinski definition) is 4. The predicted octanol–water partition coefficient (Wildman–Crippen LogP) is 2.60. The first-order valence-corrected chi connectivity index (χ1v) is 10.2. The number of rotatable bonds is 5. The molecule has 1 aliphatic carbocycles. The van der Waals surface area contributed by atoms with E-state index in [1.54, 1.807) is 4.90 Å². The van der Waals surface area contributed by atoms with Crippen molar-refractivity contribution in [2.24, 2.45) is 11.7 Å². The molecule has 2 aliphatic rings. The number of nitrogens with one attached hydrogen (secondary N) is 1. The van der Waals surface area contributed by atoms with Crippen molar-refractivity contribution in [2.75, 3.05) is 11.4 Å². The molecule has 0 spiro atoms. The van der Waals surface area contributed by atoms with E-state index in [9.17, 15) is 9.59 Å². The van der Waals surface area contributed by atoms with Gasteiger partial charge in [0.2, 0.25) is 5.91 Å². The third-order valence-electron chi connectivity index (χ3n) is 5.73. The van der Waals surface area contributed by atoms with Crippen molar-refractivity contribution in [1.82, 2.24) is 5.32 Å². The molecule has 0 aromatic heterocycles. The average molecular weight is 373 g/mol. The molecule has 3 atom stereocenters. The predicted molar refractivity (Wildman–Crippen MR) is 106 cm³/mol. The molecule has 6 heteroatoms. The molecule has 6 nitrogen and oxygen atoms in total. The summed E-state index contributed by atoms with van der Waals surface area (Å²) in [5.41, 5.74) is 6.83. The summed E-state index contributed by atoms with van der Waals surface area (Å²) >= 11 is 0. The fourth-order valence-corrected chi connectivity index (χ4v) is 4.04. The largest absolute Gasteiger partial charge is 0.477 e. The number of hydrogen-bond donors (Lipinski definition) is 2. The zero-order valence-corrected chi connectivity index (χ0v) is 16.3. The van der Waals surface area contributed by atoms with Gasteiger partial charge in [0.1, 0.15) is 5.75 Å². The summed E-state index contributed by atoms with van der Waals surface area (Å²) in [6.07, 6.45) is 4.57. The Morgan fingerprint density at radius 2 is 2.00 bits per heavy atom. The Kier molecular flexibility index (Phi) is 6.37. The number of amides is 2. The maximum absolute atomic E-state index is 13.2. The SMILES string of the molecule is CCC(CC)NC(=O)C1CN(C(=O)C2CCCC(N)C2)c2ccccc2O1. The summed E-state index contributed by atoms with van der Waals surface area (Å²) in [6.45, 7) is 4.34. The zero-order chi connectivity index (χ0) is 19.4. The summed E-state index contributed by atoms with van der Waals surface area (Å²) in [6, 6.07) is 7.65. The zero-order valence-electron chi connectivity index (χ0n) is 16.3. The van der Waals surface area contributed by atoms with E-state index in [0.29, 0.717) is 12.2 Å². The van der Waals surface area contributed by atoms with Gasteiger partial charge in [-0.25, -0.2) is 0 Å². The first-order valence-electron chi connectivity index (χ1n) is 10.2. The van der Waals surface area contributed by atoms with E-state index < -0.39 is 6.10 Å². The van der Waals surface area contributed by atoms with Crippen LogP contribution in [0.1, 0.15) is 52.4 Å². The molecule has 2 amide bonds. The first-order chi connectivity index (χ1) is 13.0. The lowest BCUT2D eigenvalue weighted by Gasteiger charge is -2.37. The topological polar surface area (TPSA) is 84.7 Å². The Labute approximate surface area is 161 Å². The van der Waals surface area contributed by atoms with E-state index in [-0.39, 0.29) is 36.4 Å². The normalized spacial score (nSPS) is 24.9. The molecule has 1 aromatic carbocycles. The van der Waals surface area contributed by atoms with Crippen molar-refractivity contribution in [3.63, 3.8) is 0 Å². The fraction of sp³-hybridized carbons (Fsp3) is 0.619. The lowest BCUT2D eigenvalue weighted by Crippen LogP contribution is -2.54. The Morgan fingerprint density at radius 1 is 1.26 bits per heavy atom. The minimum atomic E-state index is -0.693. The van der Waals surface area contributed by atoms with Gasteiger partial charge in [-0.1, -0.05) is 32.4 Å².